The molecule has 0 radical (unpaired) electrons. The lowest BCUT2D eigenvalue weighted by Gasteiger charge is -2.45. The van der Waals surface area contributed by atoms with Gasteiger partial charge in [0.25, 0.3) is 5.91 Å². The number of rotatable bonds is 12. The fourth-order valence-corrected chi connectivity index (χ4v) is 7.60. The zero-order valence-electron chi connectivity index (χ0n) is 32.2. The van der Waals surface area contributed by atoms with Crippen LogP contribution in [0, 0.1) is 11.3 Å². The fraction of sp³-hybridized carbons (Fsp3) is 0.833. The Morgan fingerprint density at radius 3 is 2.59 bits per heavy atom. The molecule has 1 unspecified atom stereocenters. The molecule has 0 aromatic heterocycles. The summed E-state index contributed by atoms with van der Waals surface area (Å²) in [6, 6.07) is -2.91. The zero-order valence-corrected chi connectivity index (χ0v) is 32.2. The average Bonchev–Trinajstić information content (AvgIpc) is 3.55. The van der Waals surface area contributed by atoms with Gasteiger partial charge in [0.2, 0.25) is 5.91 Å². The highest BCUT2D eigenvalue weighted by Gasteiger charge is 2.44. The largest absolute Gasteiger partial charge is 0.464 e. The van der Waals surface area contributed by atoms with E-state index in [4.69, 9.17) is 14.2 Å². The van der Waals surface area contributed by atoms with E-state index in [2.05, 4.69) is 53.6 Å². The predicted molar refractivity (Wildman–Crippen MR) is 193 cm³/mol. The summed E-state index contributed by atoms with van der Waals surface area (Å²) in [4.78, 5) is 61.5. The maximum atomic E-state index is 14.5. The molecule has 4 rings (SSSR count). The van der Waals surface area contributed by atoms with Crippen LogP contribution in [-0.4, -0.2) is 159 Å². The summed E-state index contributed by atoms with van der Waals surface area (Å²) in [5.74, 6) is -1.40. The van der Waals surface area contributed by atoms with Crippen LogP contribution in [0.3, 0.4) is 0 Å². The molecular formula is C36H64N8O7. The smallest absolute Gasteiger partial charge is 0.324 e. The van der Waals surface area contributed by atoms with Gasteiger partial charge in [0.1, 0.15) is 18.1 Å². The van der Waals surface area contributed by atoms with Gasteiger partial charge >= 0.3 is 12.0 Å². The number of esters is 1. The van der Waals surface area contributed by atoms with E-state index in [9.17, 15) is 19.2 Å². The van der Waals surface area contributed by atoms with Crippen molar-refractivity contribution in [1.29, 1.82) is 0 Å². The zero-order chi connectivity index (χ0) is 37.5. The molecule has 4 saturated heterocycles. The van der Waals surface area contributed by atoms with Crippen LogP contribution in [0.4, 0.5) is 4.79 Å². The van der Waals surface area contributed by atoms with Crippen molar-refractivity contribution in [3.63, 3.8) is 0 Å². The molecule has 15 nitrogen and oxygen atoms in total. The van der Waals surface area contributed by atoms with Gasteiger partial charge in [-0.3, -0.25) is 24.3 Å². The van der Waals surface area contributed by atoms with Crippen molar-refractivity contribution in [3.05, 3.63) is 12.3 Å². The van der Waals surface area contributed by atoms with E-state index in [1.54, 1.807) is 19.1 Å². The normalized spacial score (nSPS) is 28.5. The first-order chi connectivity index (χ1) is 24.2. The lowest BCUT2D eigenvalue weighted by Crippen LogP contribution is -2.66. The standard InChI is InChI=1S/C36H64N8O7/c1-10-11-15-42-20-28(39-32(45)31(23(2)3)41(8)35(48)43-19-27-29(21-43)50-17-14-37-27)33(46)44-16-12-13-26(40-44)34(47)51-22-36(6,7)30(42)18-38-24(4)25(5)49-9/h23,25-31,37-38,40H,4,10-22H2,1-3,5-9H3,(H,39,45)/t25-,26-,27+,28-,29-,30?,31-/m0/s1. The lowest BCUT2D eigenvalue weighted by molar-refractivity contribution is -0.158. The number of morpholine rings is 1. The number of likely N-dealkylation sites (N-methyl/N-ethyl adjacent to an activating group) is 1. The first kappa shape index (κ1) is 40.8. The minimum atomic E-state index is -0.965. The molecule has 0 saturated carbocycles. The van der Waals surface area contributed by atoms with Crippen molar-refractivity contribution in [2.75, 3.05) is 73.2 Å². The molecule has 7 atom stereocenters. The molecule has 4 fully saturated rings. The Labute approximate surface area is 304 Å². The van der Waals surface area contributed by atoms with Gasteiger partial charge in [-0.25, -0.2) is 10.2 Å². The van der Waals surface area contributed by atoms with E-state index < -0.39 is 35.4 Å². The van der Waals surface area contributed by atoms with E-state index in [0.29, 0.717) is 57.9 Å². The summed E-state index contributed by atoms with van der Waals surface area (Å²) in [5, 5.41) is 11.4. The Bertz CT molecular complexity index is 1220. The summed E-state index contributed by atoms with van der Waals surface area (Å²) in [5.41, 5.74) is 3.25. The second-order valence-electron chi connectivity index (χ2n) is 15.6. The topological polar surface area (TPSA) is 157 Å². The second-order valence-corrected chi connectivity index (χ2v) is 15.6. The van der Waals surface area contributed by atoms with Crippen molar-refractivity contribution in [1.82, 2.24) is 41.1 Å². The van der Waals surface area contributed by atoms with Gasteiger partial charge in [-0.05, 0) is 38.6 Å². The van der Waals surface area contributed by atoms with Crippen LogP contribution >= 0.6 is 0 Å². The molecule has 4 amide bonds. The summed E-state index contributed by atoms with van der Waals surface area (Å²) >= 11 is 0. The Balaban J connectivity index is 1.64. The molecule has 0 aromatic rings. The number of urea groups is 1. The van der Waals surface area contributed by atoms with E-state index in [1.165, 1.54) is 9.91 Å². The highest BCUT2D eigenvalue weighted by molar-refractivity contribution is 5.92. The van der Waals surface area contributed by atoms with Crippen molar-refractivity contribution in [2.24, 2.45) is 11.3 Å². The Kier molecular flexibility index (Phi) is 14.5. The summed E-state index contributed by atoms with van der Waals surface area (Å²) in [7, 11) is 3.28. The second kappa shape index (κ2) is 18.2. The SMILES string of the molecule is C=C(NCC1N(CCCC)C[C@H](NC(=O)[C@H](C(C)C)N(C)C(=O)N2C[C@@H]3OCCN[C@@H]3C2)C(=O)N2CCC[C@H](N2)C(=O)OCC1(C)C)[C@H](C)OC. The monoisotopic (exact) mass is 720 g/mol. The number of nitrogens with zero attached hydrogens (tertiary/aromatic N) is 4. The molecule has 0 aromatic carbocycles. The molecule has 51 heavy (non-hydrogen) atoms. The number of nitrogens with one attached hydrogen (secondary N) is 4. The van der Waals surface area contributed by atoms with Gasteiger partial charge in [0, 0.05) is 64.0 Å². The number of carbonyl (C=O) groups excluding carboxylic acids is 4. The number of hydrazine groups is 1. The van der Waals surface area contributed by atoms with E-state index in [1.807, 2.05) is 20.8 Å². The number of amides is 4. The van der Waals surface area contributed by atoms with Crippen LogP contribution in [-0.2, 0) is 28.6 Å². The van der Waals surface area contributed by atoms with Gasteiger partial charge in [-0.15, -0.1) is 0 Å². The molecular weight excluding hydrogens is 656 g/mol. The van der Waals surface area contributed by atoms with E-state index in [-0.39, 0.29) is 55.3 Å². The Morgan fingerprint density at radius 2 is 1.92 bits per heavy atom. The van der Waals surface area contributed by atoms with E-state index in [0.717, 1.165) is 19.4 Å². The van der Waals surface area contributed by atoms with Crippen molar-refractivity contribution >= 4 is 23.8 Å². The number of hydrogen-bond donors (Lipinski definition) is 4. The maximum Gasteiger partial charge on any atom is 0.324 e. The van der Waals surface area contributed by atoms with Crippen molar-refractivity contribution in [3.8, 4) is 0 Å². The molecule has 4 N–H and O–H groups in total. The minimum absolute atomic E-state index is 0.0603. The third-order valence-corrected chi connectivity index (χ3v) is 10.9. The van der Waals surface area contributed by atoms with Crippen LogP contribution in [0.5, 0.6) is 0 Å². The lowest BCUT2D eigenvalue weighted by atomic mass is 9.83. The average molecular weight is 721 g/mol. The molecule has 4 aliphatic rings. The fourth-order valence-electron chi connectivity index (χ4n) is 7.60. The highest BCUT2D eigenvalue weighted by atomic mass is 16.5. The third kappa shape index (κ3) is 10.1. The van der Waals surface area contributed by atoms with Crippen LogP contribution in [0.1, 0.15) is 67.2 Å². The number of carbonyl (C=O) groups is 4. The first-order valence-corrected chi connectivity index (χ1v) is 18.8. The predicted octanol–water partition coefficient (Wildman–Crippen LogP) is 0.908. The summed E-state index contributed by atoms with van der Waals surface area (Å²) in [6.07, 6.45) is 2.60. The van der Waals surface area contributed by atoms with Crippen LogP contribution in [0.2, 0.25) is 0 Å². The van der Waals surface area contributed by atoms with Gasteiger partial charge in [0.05, 0.1) is 38.0 Å². The number of methoxy groups -OCH3 is 1. The molecule has 0 spiro atoms. The number of unbranched alkanes of at least 4 members (excludes halogenated alkanes) is 1. The number of likely N-dealkylation sites (tertiary alicyclic amines) is 1. The minimum Gasteiger partial charge on any atom is -0.464 e. The Morgan fingerprint density at radius 1 is 1.18 bits per heavy atom. The number of ether oxygens (including phenoxy) is 3. The van der Waals surface area contributed by atoms with E-state index >= 15 is 0 Å². The Hall–Kier alpha value is -2.98. The molecule has 290 valence electrons. The quantitative estimate of drug-likeness (QED) is 0.213. The number of cyclic esters (lactones) is 1. The molecule has 0 aliphatic carbocycles. The molecule has 15 heteroatoms. The number of hydrogen-bond acceptors (Lipinski definition) is 11. The van der Waals surface area contributed by atoms with Crippen molar-refractivity contribution in [2.45, 2.75) is 110 Å². The summed E-state index contributed by atoms with van der Waals surface area (Å²) < 4.78 is 17.3. The van der Waals surface area contributed by atoms with Crippen LogP contribution in [0.25, 0.3) is 0 Å². The highest BCUT2D eigenvalue weighted by Crippen LogP contribution is 2.29. The van der Waals surface area contributed by atoms with Crippen LogP contribution < -0.4 is 21.4 Å². The van der Waals surface area contributed by atoms with Gasteiger partial charge < -0.3 is 40.0 Å². The number of fused-ring (bicyclic) bond motifs is 3. The third-order valence-electron chi connectivity index (χ3n) is 10.9. The van der Waals surface area contributed by atoms with Crippen molar-refractivity contribution < 1.29 is 33.4 Å². The maximum absolute atomic E-state index is 14.5. The first-order valence-electron chi connectivity index (χ1n) is 18.8. The molecule has 4 heterocycles. The van der Waals surface area contributed by atoms with Gasteiger partial charge in [-0.2, -0.15) is 0 Å². The van der Waals surface area contributed by atoms with Gasteiger partial charge in [-0.1, -0.05) is 47.6 Å². The molecule has 4 aliphatic heterocycles. The summed E-state index contributed by atoms with van der Waals surface area (Å²) in [6.45, 7) is 20.2. The van der Waals surface area contributed by atoms with Gasteiger partial charge in [0.15, 0.2) is 0 Å². The van der Waals surface area contributed by atoms with Crippen LogP contribution in [0.15, 0.2) is 12.3 Å². The molecule has 2 bridgehead atoms.